The van der Waals surface area contributed by atoms with Crippen molar-refractivity contribution in [2.75, 3.05) is 39.3 Å². The minimum absolute atomic E-state index is 0. The molecule has 0 amide bonds. The van der Waals surface area contributed by atoms with E-state index < -0.39 is 0 Å². The number of aliphatic imine (C=N–C) groups is 1. The van der Waals surface area contributed by atoms with Gasteiger partial charge in [0.1, 0.15) is 5.82 Å². The van der Waals surface area contributed by atoms with Crippen LogP contribution in [0.15, 0.2) is 23.2 Å². The third kappa shape index (κ3) is 8.66. The van der Waals surface area contributed by atoms with Crippen LogP contribution in [0.5, 0.6) is 0 Å². The standard InChI is InChI=1S/C20H33FN4.HI/c1-3-22-20(23-11-4-5-13-25-14-6-7-15-25)24-12-10-18-8-9-19(21)16-17(18)2;/h8-9,16H,3-7,10-15H2,1-2H3,(H2,22,23,24);1H. The van der Waals surface area contributed by atoms with Crippen LogP contribution in [0, 0.1) is 12.7 Å². The van der Waals surface area contributed by atoms with Gasteiger partial charge in [-0.2, -0.15) is 0 Å². The minimum atomic E-state index is -0.168. The zero-order valence-electron chi connectivity index (χ0n) is 16.2. The van der Waals surface area contributed by atoms with E-state index in [1.54, 1.807) is 6.07 Å². The lowest BCUT2D eigenvalue weighted by atomic mass is 10.1. The maximum atomic E-state index is 13.2. The second kappa shape index (κ2) is 13.3. The molecule has 0 bridgehead atoms. The van der Waals surface area contributed by atoms with Gasteiger partial charge in [0.15, 0.2) is 5.96 Å². The van der Waals surface area contributed by atoms with Crippen LogP contribution in [0.4, 0.5) is 4.39 Å². The Labute approximate surface area is 175 Å². The van der Waals surface area contributed by atoms with Crippen LogP contribution in [0.2, 0.25) is 0 Å². The Hall–Kier alpha value is -0.890. The summed E-state index contributed by atoms with van der Waals surface area (Å²) < 4.78 is 13.2. The van der Waals surface area contributed by atoms with E-state index in [0.29, 0.717) is 0 Å². The van der Waals surface area contributed by atoms with Crippen LogP contribution in [0.3, 0.4) is 0 Å². The lowest BCUT2D eigenvalue weighted by Crippen LogP contribution is -2.38. The number of nitrogens with one attached hydrogen (secondary N) is 2. The Balaban J connectivity index is 0.00000338. The molecule has 2 N–H and O–H groups in total. The molecule has 1 aromatic rings. The summed E-state index contributed by atoms with van der Waals surface area (Å²) in [6, 6.07) is 4.99. The van der Waals surface area contributed by atoms with Gasteiger partial charge in [-0.15, -0.1) is 24.0 Å². The predicted molar refractivity (Wildman–Crippen MR) is 119 cm³/mol. The van der Waals surface area contributed by atoms with Crippen molar-refractivity contribution in [3.8, 4) is 0 Å². The first-order valence-electron chi connectivity index (χ1n) is 9.68. The van der Waals surface area contributed by atoms with Crippen molar-refractivity contribution in [1.29, 1.82) is 0 Å². The molecule has 1 saturated heterocycles. The highest BCUT2D eigenvalue weighted by atomic mass is 127. The van der Waals surface area contributed by atoms with E-state index in [0.717, 1.165) is 44.0 Å². The highest BCUT2D eigenvalue weighted by Gasteiger charge is 2.09. The lowest BCUT2D eigenvalue weighted by molar-refractivity contribution is 0.331. The molecule has 1 aromatic carbocycles. The molecule has 148 valence electrons. The number of benzene rings is 1. The van der Waals surface area contributed by atoms with E-state index in [9.17, 15) is 4.39 Å². The van der Waals surface area contributed by atoms with E-state index in [1.165, 1.54) is 50.5 Å². The lowest BCUT2D eigenvalue weighted by Gasteiger charge is -2.14. The highest BCUT2D eigenvalue weighted by Crippen LogP contribution is 2.10. The number of aryl methyl sites for hydroxylation is 1. The fourth-order valence-electron chi connectivity index (χ4n) is 3.24. The predicted octanol–water partition coefficient (Wildman–Crippen LogP) is 3.73. The second-order valence-electron chi connectivity index (χ2n) is 6.76. The van der Waals surface area contributed by atoms with Gasteiger partial charge in [-0.05, 0) is 88.8 Å². The van der Waals surface area contributed by atoms with E-state index in [2.05, 4.69) is 27.4 Å². The van der Waals surface area contributed by atoms with Crippen molar-refractivity contribution in [2.24, 2.45) is 4.99 Å². The first-order chi connectivity index (χ1) is 12.2. The zero-order valence-corrected chi connectivity index (χ0v) is 18.5. The van der Waals surface area contributed by atoms with Gasteiger partial charge in [0, 0.05) is 19.6 Å². The molecule has 6 heteroatoms. The van der Waals surface area contributed by atoms with Crippen LogP contribution in [0.1, 0.15) is 43.7 Å². The number of rotatable bonds is 9. The normalized spacial score (nSPS) is 15.0. The van der Waals surface area contributed by atoms with Gasteiger partial charge in [0.2, 0.25) is 0 Å². The van der Waals surface area contributed by atoms with E-state index in [1.807, 2.05) is 13.0 Å². The smallest absolute Gasteiger partial charge is 0.191 e. The molecule has 1 aliphatic heterocycles. The first-order valence-corrected chi connectivity index (χ1v) is 9.68. The molecule has 0 aliphatic carbocycles. The number of likely N-dealkylation sites (tertiary alicyclic amines) is 1. The van der Waals surface area contributed by atoms with Crippen molar-refractivity contribution < 1.29 is 4.39 Å². The zero-order chi connectivity index (χ0) is 17.9. The number of hydrogen-bond donors (Lipinski definition) is 2. The Morgan fingerprint density at radius 3 is 2.65 bits per heavy atom. The summed E-state index contributed by atoms with van der Waals surface area (Å²) in [5.74, 6) is 0.710. The molecule has 0 unspecified atom stereocenters. The van der Waals surface area contributed by atoms with E-state index in [-0.39, 0.29) is 29.8 Å². The van der Waals surface area contributed by atoms with Gasteiger partial charge in [0.25, 0.3) is 0 Å². The first kappa shape index (κ1) is 23.1. The van der Waals surface area contributed by atoms with Crippen LogP contribution < -0.4 is 10.6 Å². The quantitative estimate of drug-likeness (QED) is 0.247. The average molecular weight is 476 g/mol. The molecule has 0 spiro atoms. The van der Waals surface area contributed by atoms with Crippen molar-refractivity contribution >= 4 is 29.9 Å². The van der Waals surface area contributed by atoms with Gasteiger partial charge < -0.3 is 15.5 Å². The van der Waals surface area contributed by atoms with Gasteiger partial charge in [-0.25, -0.2) is 4.39 Å². The molecule has 1 fully saturated rings. The Morgan fingerprint density at radius 2 is 1.96 bits per heavy atom. The van der Waals surface area contributed by atoms with Crippen LogP contribution in [-0.4, -0.2) is 50.1 Å². The Kier molecular flexibility index (Phi) is 11.8. The fraction of sp³-hybridized carbons (Fsp3) is 0.650. The molecule has 1 heterocycles. The number of nitrogens with zero attached hydrogens (tertiary/aromatic N) is 2. The molecule has 0 aromatic heterocycles. The summed E-state index contributed by atoms with van der Waals surface area (Å²) in [7, 11) is 0. The Morgan fingerprint density at radius 1 is 1.19 bits per heavy atom. The van der Waals surface area contributed by atoms with E-state index >= 15 is 0 Å². The van der Waals surface area contributed by atoms with Gasteiger partial charge in [0.05, 0.1) is 0 Å². The van der Waals surface area contributed by atoms with Crippen LogP contribution in [0.25, 0.3) is 0 Å². The Bertz CT molecular complexity index is 545. The van der Waals surface area contributed by atoms with Gasteiger partial charge in [-0.3, -0.25) is 4.99 Å². The number of unbranched alkanes of at least 4 members (excludes halogenated alkanes) is 1. The number of halogens is 2. The second-order valence-corrected chi connectivity index (χ2v) is 6.76. The van der Waals surface area contributed by atoms with Crippen molar-refractivity contribution in [3.05, 3.63) is 35.1 Å². The minimum Gasteiger partial charge on any atom is -0.357 e. The number of guanidine groups is 1. The maximum Gasteiger partial charge on any atom is 0.191 e. The summed E-state index contributed by atoms with van der Waals surface area (Å²) in [5.41, 5.74) is 2.18. The fourth-order valence-corrected chi connectivity index (χ4v) is 3.24. The summed E-state index contributed by atoms with van der Waals surface area (Å²) in [4.78, 5) is 7.21. The molecular formula is C20H34FIN4. The maximum absolute atomic E-state index is 13.2. The monoisotopic (exact) mass is 476 g/mol. The molecule has 0 saturated carbocycles. The molecular weight excluding hydrogens is 442 g/mol. The summed E-state index contributed by atoms with van der Waals surface area (Å²) in [6.07, 6.45) is 5.94. The topological polar surface area (TPSA) is 39.7 Å². The molecule has 0 atom stereocenters. The molecule has 2 rings (SSSR count). The summed E-state index contributed by atoms with van der Waals surface area (Å²) in [5, 5.41) is 6.67. The molecule has 26 heavy (non-hydrogen) atoms. The largest absolute Gasteiger partial charge is 0.357 e. The summed E-state index contributed by atoms with van der Waals surface area (Å²) in [6.45, 7) is 10.3. The van der Waals surface area contributed by atoms with Gasteiger partial charge >= 0.3 is 0 Å². The van der Waals surface area contributed by atoms with E-state index in [4.69, 9.17) is 0 Å². The SMILES string of the molecule is CCNC(=NCCCCN1CCCC1)NCCc1ccc(F)cc1C.I. The molecule has 1 aliphatic rings. The molecule has 0 radical (unpaired) electrons. The van der Waals surface area contributed by atoms with Crippen molar-refractivity contribution in [1.82, 2.24) is 15.5 Å². The van der Waals surface area contributed by atoms with Crippen LogP contribution >= 0.6 is 24.0 Å². The van der Waals surface area contributed by atoms with Gasteiger partial charge in [-0.1, -0.05) is 6.07 Å². The molecule has 4 nitrogen and oxygen atoms in total. The summed E-state index contributed by atoms with van der Waals surface area (Å²) >= 11 is 0. The average Bonchev–Trinajstić information content (AvgIpc) is 3.10. The number of hydrogen-bond acceptors (Lipinski definition) is 2. The third-order valence-electron chi connectivity index (χ3n) is 4.69. The highest BCUT2D eigenvalue weighted by molar-refractivity contribution is 14.0. The van der Waals surface area contributed by atoms with Crippen LogP contribution in [-0.2, 0) is 6.42 Å². The third-order valence-corrected chi connectivity index (χ3v) is 4.69. The van der Waals surface area contributed by atoms with Crippen molar-refractivity contribution in [3.63, 3.8) is 0 Å². The van der Waals surface area contributed by atoms with Crippen molar-refractivity contribution in [2.45, 2.75) is 46.0 Å².